The molecule has 0 amide bonds. The van der Waals surface area contributed by atoms with Crippen LogP contribution in [0, 0.1) is 0 Å². The molecule has 0 spiro atoms. The van der Waals surface area contributed by atoms with Gasteiger partial charge in [-0.05, 0) is 34.5 Å². The number of aromatic amines is 1. The van der Waals surface area contributed by atoms with Crippen LogP contribution in [0.2, 0.25) is 0 Å². The molecule has 2 heterocycles. The number of hydrogen-bond acceptors (Lipinski definition) is 1. The van der Waals surface area contributed by atoms with Gasteiger partial charge in [0.25, 0.3) is 0 Å². The molecule has 0 bridgehead atoms. The van der Waals surface area contributed by atoms with Crippen molar-refractivity contribution in [1.82, 2.24) is 9.97 Å². The molecule has 0 aliphatic heterocycles. The first kappa shape index (κ1) is 8.75. The molecule has 2 aromatic heterocycles. The summed E-state index contributed by atoms with van der Waals surface area (Å²) in [5.74, 6) is 0. The van der Waals surface area contributed by atoms with E-state index in [9.17, 15) is 0 Å². The molecular formula is C10H11BrN2. The van der Waals surface area contributed by atoms with Crippen LogP contribution in [-0.4, -0.2) is 9.97 Å². The molecule has 2 rings (SSSR count). The Morgan fingerprint density at radius 1 is 1.46 bits per heavy atom. The van der Waals surface area contributed by atoms with Crippen LogP contribution >= 0.6 is 15.9 Å². The summed E-state index contributed by atoms with van der Waals surface area (Å²) >= 11 is 3.35. The fourth-order valence-corrected chi connectivity index (χ4v) is 1.80. The molecule has 0 aliphatic rings. The predicted octanol–water partition coefficient (Wildman–Crippen LogP) is 3.28. The van der Waals surface area contributed by atoms with E-state index >= 15 is 0 Å². The van der Waals surface area contributed by atoms with E-state index < -0.39 is 0 Å². The third kappa shape index (κ3) is 1.75. The van der Waals surface area contributed by atoms with Crippen molar-refractivity contribution in [3.8, 4) is 0 Å². The molecular weight excluding hydrogens is 228 g/mol. The molecule has 0 saturated heterocycles. The lowest BCUT2D eigenvalue weighted by Gasteiger charge is -1.90. The minimum absolute atomic E-state index is 0.880. The minimum Gasteiger partial charge on any atom is -0.358 e. The SMILES string of the molecule is CCCc1cc2cnc(Br)cc2[nH]1. The van der Waals surface area contributed by atoms with Crippen LogP contribution in [0.15, 0.2) is 22.9 Å². The van der Waals surface area contributed by atoms with E-state index in [4.69, 9.17) is 0 Å². The van der Waals surface area contributed by atoms with Crippen molar-refractivity contribution in [2.45, 2.75) is 19.8 Å². The van der Waals surface area contributed by atoms with Crippen LogP contribution in [0.3, 0.4) is 0 Å². The zero-order valence-corrected chi connectivity index (χ0v) is 9.06. The van der Waals surface area contributed by atoms with Gasteiger partial charge in [0.05, 0.1) is 0 Å². The summed E-state index contributed by atoms with van der Waals surface area (Å²) in [5, 5.41) is 1.19. The summed E-state index contributed by atoms with van der Waals surface area (Å²) < 4.78 is 0.880. The topological polar surface area (TPSA) is 28.7 Å². The maximum atomic E-state index is 4.18. The third-order valence-electron chi connectivity index (χ3n) is 2.05. The number of aromatic nitrogens is 2. The molecule has 13 heavy (non-hydrogen) atoms. The number of nitrogens with zero attached hydrogens (tertiary/aromatic N) is 1. The second kappa shape index (κ2) is 3.50. The highest BCUT2D eigenvalue weighted by atomic mass is 79.9. The quantitative estimate of drug-likeness (QED) is 0.800. The van der Waals surface area contributed by atoms with Gasteiger partial charge in [-0.25, -0.2) is 4.98 Å². The second-order valence-corrected chi connectivity index (χ2v) is 3.95. The molecule has 68 valence electrons. The predicted molar refractivity (Wildman–Crippen MR) is 57.8 cm³/mol. The highest BCUT2D eigenvalue weighted by molar-refractivity contribution is 9.10. The number of halogens is 1. The summed E-state index contributed by atoms with van der Waals surface area (Å²) in [4.78, 5) is 7.54. The Kier molecular flexibility index (Phi) is 2.36. The van der Waals surface area contributed by atoms with Crippen molar-refractivity contribution in [3.05, 3.63) is 28.6 Å². The maximum Gasteiger partial charge on any atom is 0.108 e. The highest BCUT2D eigenvalue weighted by Gasteiger charge is 2.00. The van der Waals surface area contributed by atoms with Crippen molar-refractivity contribution in [3.63, 3.8) is 0 Å². The molecule has 0 saturated carbocycles. The average Bonchev–Trinajstić information content (AvgIpc) is 2.46. The van der Waals surface area contributed by atoms with E-state index in [-0.39, 0.29) is 0 Å². The Morgan fingerprint density at radius 2 is 2.31 bits per heavy atom. The molecule has 0 atom stereocenters. The molecule has 0 aliphatic carbocycles. The third-order valence-corrected chi connectivity index (χ3v) is 2.48. The van der Waals surface area contributed by atoms with Crippen molar-refractivity contribution in [2.75, 3.05) is 0 Å². The lowest BCUT2D eigenvalue weighted by atomic mass is 10.2. The lowest BCUT2D eigenvalue weighted by Crippen LogP contribution is -1.80. The molecule has 2 aromatic rings. The number of aryl methyl sites for hydroxylation is 1. The number of pyridine rings is 1. The van der Waals surface area contributed by atoms with E-state index in [1.807, 2.05) is 12.3 Å². The Hall–Kier alpha value is -0.830. The van der Waals surface area contributed by atoms with Gasteiger partial charge in [0, 0.05) is 22.8 Å². The van der Waals surface area contributed by atoms with Crippen molar-refractivity contribution >= 4 is 26.8 Å². The number of fused-ring (bicyclic) bond motifs is 1. The largest absolute Gasteiger partial charge is 0.358 e. The van der Waals surface area contributed by atoms with Crippen molar-refractivity contribution in [2.24, 2.45) is 0 Å². The zero-order chi connectivity index (χ0) is 9.26. The van der Waals surface area contributed by atoms with Crippen LogP contribution in [-0.2, 0) is 6.42 Å². The van der Waals surface area contributed by atoms with E-state index in [2.05, 4.69) is 38.9 Å². The number of H-pyrrole nitrogens is 1. The lowest BCUT2D eigenvalue weighted by molar-refractivity contribution is 0.896. The van der Waals surface area contributed by atoms with Gasteiger partial charge < -0.3 is 4.98 Å². The molecule has 0 radical (unpaired) electrons. The van der Waals surface area contributed by atoms with Gasteiger partial charge in [-0.2, -0.15) is 0 Å². The van der Waals surface area contributed by atoms with E-state index in [1.165, 1.54) is 17.5 Å². The van der Waals surface area contributed by atoms with Crippen molar-refractivity contribution in [1.29, 1.82) is 0 Å². The van der Waals surface area contributed by atoms with Crippen LogP contribution in [0.4, 0.5) is 0 Å². The Bertz CT molecular complexity index is 420. The highest BCUT2D eigenvalue weighted by Crippen LogP contribution is 2.18. The van der Waals surface area contributed by atoms with Gasteiger partial charge in [0.15, 0.2) is 0 Å². The molecule has 0 fully saturated rings. The van der Waals surface area contributed by atoms with E-state index in [1.54, 1.807) is 0 Å². The minimum atomic E-state index is 0.880. The van der Waals surface area contributed by atoms with Gasteiger partial charge in [0.1, 0.15) is 4.60 Å². The first-order chi connectivity index (χ1) is 6.29. The summed E-state index contributed by atoms with van der Waals surface area (Å²) in [6.45, 7) is 2.18. The second-order valence-electron chi connectivity index (χ2n) is 3.14. The van der Waals surface area contributed by atoms with Crippen LogP contribution in [0.1, 0.15) is 19.0 Å². The van der Waals surface area contributed by atoms with Gasteiger partial charge in [-0.1, -0.05) is 13.3 Å². The number of rotatable bonds is 2. The van der Waals surface area contributed by atoms with E-state index in [0.717, 1.165) is 16.5 Å². The van der Waals surface area contributed by atoms with Crippen LogP contribution in [0.25, 0.3) is 10.9 Å². The van der Waals surface area contributed by atoms with Crippen LogP contribution < -0.4 is 0 Å². The summed E-state index contributed by atoms with van der Waals surface area (Å²) in [6, 6.07) is 4.17. The summed E-state index contributed by atoms with van der Waals surface area (Å²) in [7, 11) is 0. The molecule has 0 unspecified atom stereocenters. The standard InChI is InChI=1S/C10H11BrN2/c1-2-3-8-4-7-6-12-10(11)5-9(7)13-8/h4-6,13H,2-3H2,1H3. The fraction of sp³-hybridized carbons (Fsp3) is 0.300. The normalized spacial score (nSPS) is 10.9. The first-order valence-corrected chi connectivity index (χ1v) is 5.22. The Balaban J connectivity index is 2.49. The first-order valence-electron chi connectivity index (χ1n) is 4.42. The number of hydrogen-bond donors (Lipinski definition) is 1. The Morgan fingerprint density at radius 3 is 3.08 bits per heavy atom. The summed E-state index contributed by atoms with van der Waals surface area (Å²) in [6.07, 6.45) is 4.16. The molecule has 3 heteroatoms. The molecule has 0 aromatic carbocycles. The zero-order valence-electron chi connectivity index (χ0n) is 7.47. The number of nitrogens with one attached hydrogen (secondary N) is 1. The maximum absolute atomic E-state index is 4.18. The van der Waals surface area contributed by atoms with E-state index in [0.29, 0.717) is 0 Å². The van der Waals surface area contributed by atoms with Crippen molar-refractivity contribution < 1.29 is 0 Å². The van der Waals surface area contributed by atoms with Gasteiger partial charge in [-0.15, -0.1) is 0 Å². The van der Waals surface area contributed by atoms with Gasteiger partial charge in [-0.3, -0.25) is 0 Å². The summed E-state index contributed by atoms with van der Waals surface area (Å²) in [5.41, 5.74) is 2.45. The van der Waals surface area contributed by atoms with Gasteiger partial charge in [0.2, 0.25) is 0 Å². The average molecular weight is 239 g/mol. The van der Waals surface area contributed by atoms with Crippen LogP contribution in [0.5, 0.6) is 0 Å². The Labute approximate surface area is 85.5 Å². The fourth-order valence-electron chi connectivity index (χ4n) is 1.46. The monoisotopic (exact) mass is 238 g/mol. The smallest absolute Gasteiger partial charge is 0.108 e. The molecule has 2 nitrogen and oxygen atoms in total. The van der Waals surface area contributed by atoms with Gasteiger partial charge >= 0.3 is 0 Å². The molecule has 1 N–H and O–H groups in total.